The summed E-state index contributed by atoms with van der Waals surface area (Å²) >= 11 is 5.56. The molecule has 3 aromatic rings. The molecule has 1 aromatic heterocycles. The highest BCUT2D eigenvalue weighted by atomic mass is 32.1. The molecule has 39 heavy (non-hydrogen) atoms. The predicted molar refractivity (Wildman–Crippen MR) is 142 cm³/mol. The number of benzene rings is 2. The molecule has 1 aliphatic heterocycles. The number of hydrogen-bond donors (Lipinski definition) is 4. The lowest BCUT2D eigenvalue weighted by atomic mass is 9.86. The second kappa shape index (κ2) is 12.1. The number of methoxy groups -OCH3 is 2. The highest BCUT2D eigenvalue weighted by Crippen LogP contribution is 2.43. The number of aliphatic hydroxyl groups excluding tert-OH is 2. The Morgan fingerprint density at radius 3 is 2.03 bits per heavy atom. The van der Waals surface area contributed by atoms with Crippen LogP contribution in [0.25, 0.3) is 0 Å². The maximum absolute atomic E-state index is 13.0. The first kappa shape index (κ1) is 29.1. The van der Waals surface area contributed by atoms with E-state index >= 15 is 0 Å². The standard InChI is InChI=1S/C25H29N2O10PS/c1-33-16-8-4-14(5-9-16)20(15-6-10-17(34-2)11-7-15)18-12-27(25(30)26-23(18)39)24-22(29)21(28)19(37-24)13-36-38(31,32)35-3/h4-12,19-22,24,28-29H,13H2,1-3H3,(H,31,32)(H,26,30,39)/t19-,21-,22-,24-/m1/s1. The Hall–Kier alpha value is -2.87. The minimum absolute atomic E-state index is 0.169. The minimum atomic E-state index is -4.36. The van der Waals surface area contributed by atoms with E-state index in [1.165, 1.54) is 6.20 Å². The maximum Gasteiger partial charge on any atom is 0.472 e. The Morgan fingerprint density at radius 1 is 1.00 bits per heavy atom. The Bertz CT molecular complexity index is 1400. The molecule has 0 bridgehead atoms. The first-order chi connectivity index (χ1) is 18.6. The fourth-order valence-electron chi connectivity index (χ4n) is 4.36. The van der Waals surface area contributed by atoms with Gasteiger partial charge in [0.1, 0.15) is 34.5 Å². The van der Waals surface area contributed by atoms with Crippen molar-refractivity contribution in [3.8, 4) is 11.5 Å². The molecule has 1 saturated heterocycles. The van der Waals surface area contributed by atoms with Gasteiger partial charge < -0.3 is 29.3 Å². The quantitative estimate of drug-likeness (QED) is 0.206. The van der Waals surface area contributed by atoms with E-state index in [0.717, 1.165) is 22.8 Å². The van der Waals surface area contributed by atoms with Crippen LogP contribution < -0.4 is 15.2 Å². The monoisotopic (exact) mass is 580 g/mol. The van der Waals surface area contributed by atoms with Crippen molar-refractivity contribution in [2.45, 2.75) is 30.5 Å². The van der Waals surface area contributed by atoms with Crippen molar-refractivity contribution in [2.24, 2.45) is 0 Å². The van der Waals surface area contributed by atoms with Gasteiger partial charge in [-0.1, -0.05) is 36.5 Å². The molecule has 1 aliphatic rings. The molecule has 0 amide bonds. The van der Waals surface area contributed by atoms with E-state index in [0.29, 0.717) is 17.1 Å². The smallest absolute Gasteiger partial charge is 0.472 e. The molecule has 4 rings (SSSR count). The molecule has 1 fully saturated rings. The number of ether oxygens (including phenoxy) is 3. The van der Waals surface area contributed by atoms with Crippen molar-refractivity contribution >= 4 is 20.0 Å². The third-order valence-corrected chi connectivity index (χ3v) is 7.72. The van der Waals surface area contributed by atoms with Gasteiger partial charge in [0.2, 0.25) is 0 Å². The molecule has 0 aliphatic carbocycles. The molecule has 210 valence electrons. The van der Waals surface area contributed by atoms with E-state index in [1.54, 1.807) is 38.5 Å². The van der Waals surface area contributed by atoms with Crippen LogP contribution in [0.2, 0.25) is 0 Å². The Labute approximate surface area is 228 Å². The molecule has 14 heteroatoms. The van der Waals surface area contributed by atoms with E-state index in [1.807, 2.05) is 24.3 Å². The van der Waals surface area contributed by atoms with Crippen molar-refractivity contribution in [1.82, 2.24) is 9.55 Å². The second-order valence-electron chi connectivity index (χ2n) is 8.72. The van der Waals surface area contributed by atoms with Crippen LogP contribution >= 0.6 is 20.0 Å². The van der Waals surface area contributed by atoms with Gasteiger partial charge in [-0.3, -0.25) is 18.6 Å². The first-order valence-electron chi connectivity index (χ1n) is 11.8. The fourth-order valence-corrected chi connectivity index (χ4v) is 5.06. The number of aromatic nitrogens is 2. The molecule has 0 saturated carbocycles. The number of nitrogens with zero attached hydrogens (tertiary/aromatic N) is 1. The lowest BCUT2D eigenvalue weighted by Crippen LogP contribution is -2.36. The summed E-state index contributed by atoms with van der Waals surface area (Å²) in [4.78, 5) is 25.1. The number of H-pyrrole nitrogens is 1. The van der Waals surface area contributed by atoms with Gasteiger partial charge in [0.05, 0.1) is 20.8 Å². The van der Waals surface area contributed by atoms with Gasteiger partial charge in [0.15, 0.2) is 6.23 Å². The Morgan fingerprint density at radius 2 is 1.54 bits per heavy atom. The molecule has 0 spiro atoms. The van der Waals surface area contributed by atoms with Crippen molar-refractivity contribution in [2.75, 3.05) is 27.9 Å². The summed E-state index contributed by atoms with van der Waals surface area (Å²) in [5, 5.41) is 21.2. The van der Waals surface area contributed by atoms with Crippen molar-refractivity contribution in [3.63, 3.8) is 0 Å². The van der Waals surface area contributed by atoms with E-state index in [2.05, 4.69) is 9.51 Å². The van der Waals surface area contributed by atoms with Crippen LogP contribution in [-0.2, 0) is 18.3 Å². The van der Waals surface area contributed by atoms with Gasteiger partial charge in [0.25, 0.3) is 0 Å². The van der Waals surface area contributed by atoms with Crippen LogP contribution in [0.4, 0.5) is 0 Å². The molecule has 4 N–H and O–H groups in total. The van der Waals surface area contributed by atoms with Gasteiger partial charge in [-0.25, -0.2) is 9.36 Å². The number of phosphoric acid groups is 1. The van der Waals surface area contributed by atoms with E-state index in [-0.39, 0.29) is 4.64 Å². The Balaban J connectivity index is 1.76. The third-order valence-electron chi connectivity index (χ3n) is 6.45. The van der Waals surface area contributed by atoms with E-state index in [4.69, 9.17) is 31.0 Å². The van der Waals surface area contributed by atoms with Crippen LogP contribution in [0, 0.1) is 4.64 Å². The molecule has 12 nitrogen and oxygen atoms in total. The average Bonchev–Trinajstić information content (AvgIpc) is 3.22. The lowest BCUT2D eigenvalue weighted by Gasteiger charge is -2.23. The zero-order valence-corrected chi connectivity index (χ0v) is 23.0. The van der Waals surface area contributed by atoms with Crippen molar-refractivity contribution in [3.05, 3.63) is 86.5 Å². The topological polar surface area (TPSA) is 162 Å². The summed E-state index contributed by atoms with van der Waals surface area (Å²) in [5.74, 6) is 0.864. The number of nitrogens with one attached hydrogen (secondary N) is 1. The lowest BCUT2D eigenvalue weighted by molar-refractivity contribution is -0.0548. The Kier molecular flexibility index (Phi) is 9.04. The largest absolute Gasteiger partial charge is 0.497 e. The third kappa shape index (κ3) is 6.32. The van der Waals surface area contributed by atoms with Crippen LogP contribution in [-0.4, -0.2) is 70.9 Å². The summed E-state index contributed by atoms with van der Waals surface area (Å²) < 4.78 is 38.4. The van der Waals surface area contributed by atoms with Gasteiger partial charge in [-0.05, 0) is 35.4 Å². The number of hydrogen-bond acceptors (Lipinski definition) is 10. The molecular formula is C25H29N2O10PS. The summed E-state index contributed by atoms with van der Waals surface area (Å²) in [6.07, 6.45) is -4.19. The molecule has 5 atom stereocenters. The normalized spacial score (nSPS) is 22.5. The average molecular weight is 581 g/mol. The van der Waals surface area contributed by atoms with Gasteiger partial charge in [0, 0.05) is 24.8 Å². The summed E-state index contributed by atoms with van der Waals surface area (Å²) in [6.45, 7) is -0.568. The van der Waals surface area contributed by atoms with Gasteiger partial charge >= 0.3 is 13.5 Å². The van der Waals surface area contributed by atoms with Gasteiger partial charge in [-0.2, -0.15) is 0 Å². The molecule has 0 radical (unpaired) electrons. The molecular weight excluding hydrogens is 551 g/mol. The van der Waals surface area contributed by atoms with Crippen LogP contribution in [0.5, 0.6) is 11.5 Å². The SMILES string of the molecule is COc1ccc(C(c2ccc(OC)cc2)c2cn([C@@H]3O[C@H](COP(=O)(O)OC)[C@@H](O)[C@H]3O)c(=O)[nH]c2=S)cc1. The zero-order valence-electron chi connectivity index (χ0n) is 21.3. The van der Waals surface area contributed by atoms with Gasteiger partial charge in [-0.15, -0.1) is 0 Å². The maximum atomic E-state index is 13.0. The molecule has 2 aromatic carbocycles. The van der Waals surface area contributed by atoms with Crippen molar-refractivity contribution in [1.29, 1.82) is 0 Å². The summed E-state index contributed by atoms with van der Waals surface area (Å²) in [6, 6.07) is 14.7. The number of phosphoric ester groups is 1. The van der Waals surface area contributed by atoms with Crippen LogP contribution in [0.1, 0.15) is 28.8 Å². The van der Waals surface area contributed by atoms with E-state index in [9.17, 15) is 24.5 Å². The van der Waals surface area contributed by atoms with E-state index < -0.39 is 50.6 Å². The highest BCUT2D eigenvalue weighted by Gasteiger charge is 2.45. The highest BCUT2D eigenvalue weighted by molar-refractivity contribution is 7.71. The summed E-state index contributed by atoms with van der Waals surface area (Å²) in [7, 11) is -0.242. The molecule has 2 heterocycles. The van der Waals surface area contributed by atoms with Crippen LogP contribution in [0.15, 0.2) is 59.5 Å². The number of aromatic amines is 1. The number of rotatable bonds is 10. The van der Waals surface area contributed by atoms with Crippen LogP contribution in [0.3, 0.4) is 0 Å². The predicted octanol–water partition coefficient (Wildman–Crippen LogP) is 2.49. The second-order valence-corrected chi connectivity index (χ2v) is 10.7. The minimum Gasteiger partial charge on any atom is -0.497 e. The van der Waals surface area contributed by atoms with Crippen molar-refractivity contribution < 1.29 is 42.9 Å². The molecule has 1 unspecified atom stereocenters. The first-order valence-corrected chi connectivity index (χ1v) is 13.7. The number of aliphatic hydroxyl groups is 2. The summed E-state index contributed by atoms with van der Waals surface area (Å²) in [5.41, 5.74) is 1.50. The fraction of sp³-hybridized carbons (Fsp3) is 0.360. The zero-order chi connectivity index (χ0) is 28.3.